The van der Waals surface area contributed by atoms with Crippen LogP contribution >= 0.6 is 11.3 Å². The molecule has 0 aliphatic heterocycles. The normalized spacial score (nSPS) is 19.9. The van der Waals surface area contributed by atoms with E-state index in [-0.39, 0.29) is 17.9 Å². The van der Waals surface area contributed by atoms with Gasteiger partial charge in [0.2, 0.25) is 5.91 Å². The number of aryl methyl sites for hydroxylation is 1. The van der Waals surface area contributed by atoms with Crippen molar-refractivity contribution in [2.75, 3.05) is 12.4 Å². The Morgan fingerprint density at radius 1 is 1.11 bits per heavy atom. The van der Waals surface area contributed by atoms with Crippen molar-refractivity contribution >= 4 is 33.8 Å². The van der Waals surface area contributed by atoms with Crippen molar-refractivity contribution in [3.8, 4) is 10.7 Å². The van der Waals surface area contributed by atoms with E-state index < -0.39 is 0 Å². The molecule has 1 amide bonds. The third-order valence-corrected chi connectivity index (χ3v) is 5.84. The average molecular weight is 383 g/mol. The lowest BCUT2D eigenvalue weighted by atomic mass is 9.87. The molecule has 7 nitrogen and oxygen atoms in total. The van der Waals surface area contributed by atoms with Crippen LogP contribution in [0.15, 0.2) is 24.5 Å². The van der Waals surface area contributed by atoms with Crippen LogP contribution in [0.4, 0.5) is 5.82 Å². The summed E-state index contributed by atoms with van der Waals surface area (Å²) in [4.78, 5) is 21.4. The first-order valence-electron chi connectivity index (χ1n) is 9.02. The zero-order valence-corrected chi connectivity index (χ0v) is 16.1. The van der Waals surface area contributed by atoms with Crippen LogP contribution in [0.1, 0.15) is 30.7 Å². The lowest BCUT2D eigenvalue weighted by Crippen LogP contribution is -2.29. The highest BCUT2D eigenvalue weighted by Gasteiger charge is 2.26. The highest BCUT2D eigenvalue weighted by molar-refractivity contribution is 7.14. The van der Waals surface area contributed by atoms with E-state index in [2.05, 4.69) is 25.5 Å². The predicted molar refractivity (Wildman–Crippen MR) is 105 cm³/mol. The number of rotatable bonds is 4. The highest BCUT2D eigenvalue weighted by Crippen LogP contribution is 2.28. The number of nitrogens with zero attached hydrogens (tertiary/aromatic N) is 4. The molecule has 4 rings (SSSR count). The molecule has 0 unspecified atom stereocenters. The maximum absolute atomic E-state index is 12.6. The molecule has 3 aromatic rings. The number of nitrogens with one attached hydrogen (secondary N) is 1. The monoisotopic (exact) mass is 383 g/mol. The number of anilines is 1. The topological polar surface area (TPSA) is 89.9 Å². The summed E-state index contributed by atoms with van der Waals surface area (Å²) in [5, 5.41) is 14.7. The van der Waals surface area contributed by atoms with Crippen LogP contribution in [0.3, 0.4) is 0 Å². The van der Waals surface area contributed by atoms with Crippen molar-refractivity contribution in [3.05, 3.63) is 29.5 Å². The Morgan fingerprint density at radius 2 is 1.89 bits per heavy atom. The van der Waals surface area contributed by atoms with E-state index >= 15 is 0 Å². The van der Waals surface area contributed by atoms with Crippen LogP contribution in [0.25, 0.3) is 21.5 Å². The lowest BCUT2D eigenvalue weighted by Gasteiger charge is -2.26. The number of carbonyl (C=O) groups is 1. The molecule has 1 fully saturated rings. The summed E-state index contributed by atoms with van der Waals surface area (Å²) in [5.41, 5.74) is 0.773. The molecule has 0 spiro atoms. The van der Waals surface area contributed by atoms with Crippen LogP contribution in [0, 0.1) is 12.8 Å². The Labute approximate surface area is 161 Å². The number of pyridine rings is 2. The van der Waals surface area contributed by atoms with Crippen LogP contribution in [-0.4, -0.2) is 39.3 Å². The summed E-state index contributed by atoms with van der Waals surface area (Å²) >= 11 is 1.50. The standard InChI is InChI=1S/C19H21N5O2S/c1-11-23-24-19(27-11)16-7-13-8-17(21-10-14(13)9-20-16)22-18(25)12-3-5-15(26-2)6-4-12/h7-10,12,15H,3-6H2,1-2H3,(H,21,22,25). The van der Waals surface area contributed by atoms with Crippen molar-refractivity contribution in [1.29, 1.82) is 0 Å². The summed E-state index contributed by atoms with van der Waals surface area (Å²) in [6.45, 7) is 1.92. The minimum atomic E-state index is 0.0197. The van der Waals surface area contributed by atoms with Crippen molar-refractivity contribution in [2.45, 2.75) is 38.7 Å². The van der Waals surface area contributed by atoms with Gasteiger partial charge in [0.25, 0.3) is 0 Å². The number of carbonyl (C=O) groups excluding carboxylic acids is 1. The third-order valence-electron chi connectivity index (χ3n) is 4.98. The first kappa shape index (κ1) is 17.9. The minimum Gasteiger partial charge on any atom is -0.381 e. The molecule has 1 N–H and O–H groups in total. The second-order valence-electron chi connectivity index (χ2n) is 6.81. The first-order chi connectivity index (χ1) is 13.1. The van der Waals surface area contributed by atoms with Gasteiger partial charge in [-0.1, -0.05) is 11.3 Å². The number of fused-ring (bicyclic) bond motifs is 1. The summed E-state index contributed by atoms with van der Waals surface area (Å²) in [6.07, 6.45) is 7.33. The predicted octanol–water partition coefficient (Wildman–Crippen LogP) is 3.60. The van der Waals surface area contributed by atoms with Gasteiger partial charge in [-0.25, -0.2) is 4.98 Å². The van der Waals surface area contributed by atoms with E-state index in [0.29, 0.717) is 5.82 Å². The van der Waals surface area contributed by atoms with Gasteiger partial charge >= 0.3 is 0 Å². The van der Waals surface area contributed by atoms with Gasteiger partial charge in [0.15, 0.2) is 5.01 Å². The molecule has 1 saturated carbocycles. The van der Waals surface area contributed by atoms with Gasteiger partial charge in [0.1, 0.15) is 16.5 Å². The zero-order valence-electron chi connectivity index (χ0n) is 15.3. The molecule has 0 saturated heterocycles. The highest BCUT2D eigenvalue weighted by atomic mass is 32.1. The Bertz CT molecular complexity index is 966. The van der Waals surface area contributed by atoms with Crippen LogP contribution in [0.2, 0.25) is 0 Å². The smallest absolute Gasteiger partial charge is 0.228 e. The van der Waals surface area contributed by atoms with Crippen LogP contribution in [0.5, 0.6) is 0 Å². The fraction of sp³-hybridized carbons (Fsp3) is 0.421. The van der Waals surface area contributed by atoms with Crippen LogP contribution < -0.4 is 5.32 Å². The fourth-order valence-corrected chi connectivity index (χ4v) is 4.07. The number of ether oxygens (including phenoxy) is 1. The molecule has 140 valence electrons. The molecule has 8 heteroatoms. The lowest BCUT2D eigenvalue weighted by molar-refractivity contribution is -0.121. The van der Waals surface area contributed by atoms with Crippen molar-refractivity contribution < 1.29 is 9.53 Å². The summed E-state index contributed by atoms with van der Waals surface area (Å²) in [7, 11) is 1.73. The molecule has 1 aliphatic rings. The second-order valence-corrected chi connectivity index (χ2v) is 7.99. The summed E-state index contributed by atoms with van der Waals surface area (Å²) < 4.78 is 5.38. The number of amides is 1. The molecule has 0 aromatic carbocycles. The Morgan fingerprint density at radius 3 is 2.59 bits per heavy atom. The van der Waals surface area contributed by atoms with E-state index in [1.807, 2.05) is 19.1 Å². The number of hydrogen-bond donors (Lipinski definition) is 1. The van der Waals surface area contributed by atoms with Gasteiger partial charge in [-0.15, -0.1) is 10.2 Å². The first-order valence-corrected chi connectivity index (χ1v) is 9.84. The quantitative estimate of drug-likeness (QED) is 0.740. The fourth-order valence-electron chi connectivity index (χ4n) is 3.41. The third kappa shape index (κ3) is 3.96. The van der Waals surface area contributed by atoms with E-state index in [1.54, 1.807) is 19.5 Å². The Balaban J connectivity index is 1.51. The van der Waals surface area contributed by atoms with Gasteiger partial charge in [0.05, 0.1) is 6.10 Å². The molecular weight excluding hydrogens is 362 g/mol. The van der Waals surface area contributed by atoms with Gasteiger partial charge in [-0.2, -0.15) is 0 Å². The van der Waals surface area contributed by atoms with E-state index in [1.165, 1.54) is 11.3 Å². The van der Waals surface area contributed by atoms with E-state index in [9.17, 15) is 4.79 Å². The SMILES string of the molecule is COC1CCC(C(=O)Nc2cc3cc(-c4nnc(C)s4)ncc3cn2)CC1. The number of hydrogen-bond acceptors (Lipinski definition) is 7. The molecule has 0 atom stereocenters. The Hall–Kier alpha value is -2.45. The molecular formula is C19H21N5O2S. The number of methoxy groups -OCH3 is 1. The van der Waals surface area contributed by atoms with Gasteiger partial charge in [-0.05, 0) is 50.1 Å². The molecule has 27 heavy (non-hydrogen) atoms. The maximum atomic E-state index is 12.6. The largest absolute Gasteiger partial charge is 0.381 e. The Kier molecular flexibility index (Phi) is 5.09. The molecule has 3 heterocycles. The van der Waals surface area contributed by atoms with Crippen LogP contribution in [-0.2, 0) is 9.53 Å². The molecule has 0 radical (unpaired) electrons. The van der Waals surface area contributed by atoms with Crippen molar-refractivity contribution in [1.82, 2.24) is 20.2 Å². The van der Waals surface area contributed by atoms with Crippen molar-refractivity contribution in [2.24, 2.45) is 5.92 Å². The average Bonchev–Trinajstić information content (AvgIpc) is 3.14. The molecule has 1 aliphatic carbocycles. The maximum Gasteiger partial charge on any atom is 0.228 e. The summed E-state index contributed by atoms with van der Waals surface area (Å²) in [6, 6.07) is 3.84. The minimum absolute atomic E-state index is 0.0197. The van der Waals surface area contributed by atoms with E-state index in [0.717, 1.165) is 52.2 Å². The second kappa shape index (κ2) is 7.66. The molecule has 0 bridgehead atoms. The van der Waals surface area contributed by atoms with Crippen molar-refractivity contribution in [3.63, 3.8) is 0 Å². The molecule has 3 aromatic heterocycles. The zero-order chi connectivity index (χ0) is 18.8. The van der Waals surface area contributed by atoms with E-state index in [4.69, 9.17) is 4.74 Å². The van der Waals surface area contributed by atoms with Gasteiger partial charge in [0, 0.05) is 30.8 Å². The summed E-state index contributed by atoms with van der Waals surface area (Å²) in [5.74, 6) is 0.614. The number of aromatic nitrogens is 4. The van der Waals surface area contributed by atoms with Gasteiger partial charge < -0.3 is 10.1 Å². The van der Waals surface area contributed by atoms with Gasteiger partial charge in [-0.3, -0.25) is 9.78 Å².